The molecular formula is C18H16N4O2S. The van der Waals surface area contributed by atoms with E-state index in [9.17, 15) is 9.59 Å². The van der Waals surface area contributed by atoms with Gasteiger partial charge in [0, 0.05) is 17.6 Å². The predicted octanol–water partition coefficient (Wildman–Crippen LogP) is 3.72. The summed E-state index contributed by atoms with van der Waals surface area (Å²) in [6.45, 7) is 0.335. The Balaban J connectivity index is 1.56. The minimum absolute atomic E-state index is 0.174. The normalized spacial score (nSPS) is 10.1. The third kappa shape index (κ3) is 4.89. The molecule has 0 atom stereocenters. The maximum absolute atomic E-state index is 12.1. The quantitative estimate of drug-likeness (QED) is 0.654. The summed E-state index contributed by atoms with van der Waals surface area (Å²) in [6.07, 6.45) is 1.68. The number of carbonyl (C=O) groups excluding carboxylic acids is 2. The molecule has 25 heavy (non-hydrogen) atoms. The number of nitrogens with zero attached hydrogens (tertiary/aromatic N) is 1. The molecule has 0 radical (unpaired) electrons. The average Bonchev–Trinajstić information content (AvgIpc) is 3.16. The van der Waals surface area contributed by atoms with Crippen molar-refractivity contribution in [3.63, 3.8) is 0 Å². The summed E-state index contributed by atoms with van der Waals surface area (Å²) < 4.78 is 0. The van der Waals surface area contributed by atoms with E-state index in [0.717, 1.165) is 5.69 Å². The highest BCUT2D eigenvalue weighted by molar-refractivity contribution is 7.12. The Kier molecular flexibility index (Phi) is 5.38. The molecule has 6 nitrogen and oxygen atoms in total. The van der Waals surface area contributed by atoms with Crippen LogP contribution in [0.4, 0.5) is 16.2 Å². The molecule has 0 spiro atoms. The van der Waals surface area contributed by atoms with Crippen LogP contribution in [-0.2, 0) is 6.54 Å². The summed E-state index contributed by atoms with van der Waals surface area (Å²) in [5, 5.41) is 10.1. The number of aromatic nitrogens is 1. The number of carbonyl (C=O) groups is 2. The van der Waals surface area contributed by atoms with Gasteiger partial charge in [0.25, 0.3) is 5.91 Å². The van der Waals surface area contributed by atoms with Crippen LogP contribution in [0.3, 0.4) is 0 Å². The Morgan fingerprint density at radius 3 is 2.52 bits per heavy atom. The molecule has 7 heteroatoms. The molecule has 0 fully saturated rings. The number of pyridine rings is 1. The second-order valence-corrected chi connectivity index (χ2v) is 6.09. The number of urea groups is 1. The van der Waals surface area contributed by atoms with Crippen LogP contribution in [0.25, 0.3) is 0 Å². The molecule has 126 valence electrons. The number of amides is 3. The van der Waals surface area contributed by atoms with Crippen molar-refractivity contribution in [2.24, 2.45) is 0 Å². The predicted molar refractivity (Wildman–Crippen MR) is 98.8 cm³/mol. The average molecular weight is 352 g/mol. The van der Waals surface area contributed by atoms with Gasteiger partial charge in [-0.25, -0.2) is 4.79 Å². The van der Waals surface area contributed by atoms with Crippen LogP contribution in [0.5, 0.6) is 0 Å². The van der Waals surface area contributed by atoms with Gasteiger partial charge in [0.2, 0.25) is 0 Å². The zero-order valence-electron chi connectivity index (χ0n) is 13.2. The molecule has 3 rings (SSSR count). The topological polar surface area (TPSA) is 83.1 Å². The van der Waals surface area contributed by atoms with E-state index in [4.69, 9.17) is 0 Å². The monoisotopic (exact) mass is 352 g/mol. The largest absolute Gasteiger partial charge is 0.332 e. The molecule has 1 aromatic carbocycles. The summed E-state index contributed by atoms with van der Waals surface area (Å²) in [4.78, 5) is 28.8. The van der Waals surface area contributed by atoms with Crippen LogP contribution in [0, 0.1) is 0 Å². The fraction of sp³-hybridized carbons (Fsp3) is 0.0556. The van der Waals surface area contributed by atoms with E-state index in [0.29, 0.717) is 22.8 Å². The fourth-order valence-corrected chi connectivity index (χ4v) is 2.74. The number of rotatable bonds is 5. The van der Waals surface area contributed by atoms with Gasteiger partial charge in [0.15, 0.2) is 0 Å². The maximum atomic E-state index is 12.1. The molecule has 0 aliphatic heterocycles. The van der Waals surface area contributed by atoms with Gasteiger partial charge in [0.05, 0.1) is 17.1 Å². The smallest absolute Gasteiger partial charge is 0.319 e. The first-order valence-electron chi connectivity index (χ1n) is 7.60. The highest BCUT2D eigenvalue weighted by atomic mass is 32.1. The van der Waals surface area contributed by atoms with E-state index in [1.165, 1.54) is 11.3 Å². The van der Waals surface area contributed by atoms with Gasteiger partial charge in [-0.05, 0) is 41.8 Å². The first-order valence-corrected chi connectivity index (χ1v) is 8.48. The molecular weight excluding hydrogens is 336 g/mol. The van der Waals surface area contributed by atoms with E-state index >= 15 is 0 Å². The minimum atomic E-state index is -0.340. The van der Waals surface area contributed by atoms with Crippen molar-refractivity contribution in [2.75, 3.05) is 10.6 Å². The summed E-state index contributed by atoms with van der Waals surface area (Å²) in [5.74, 6) is -0.174. The van der Waals surface area contributed by atoms with E-state index in [2.05, 4.69) is 20.9 Å². The molecule has 0 saturated heterocycles. The number of hydrogen-bond acceptors (Lipinski definition) is 4. The van der Waals surface area contributed by atoms with E-state index < -0.39 is 0 Å². The van der Waals surface area contributed by atoms with E-state index in [1.807, 2.05) is 29.6 Å². The highest BCUT2D eigenvalue weighted by Gasteiger charge is 2.08. The third-order valence-corrected chi connectivity index (χ3v) is 4.15. The molecule has 0 aliphatic carbocycles. The lowest BCUT2D eigenvalue weighted by atomic mass is 10.2. The first-order chi connectivity index (χ1) is 12.2. The van der Waals surface area contributed by atoms with Crippen LogP contribution >= 0.6 is 11.3 Å². The highest BCUT2D eigenvalue weighted by Crippen LogP contribution is 2.17. The van der Waals surface area contributed by atoms with Crippen molar-refractivity contribution < 1.29 is 9.59 Å². The van der Waals surface area contributed by atoms with Crippen LogP contribution in [0.15, 0.2) is 66.2 Å². The molecule has 2 heterocycles. The van der Waals surface area contributed by atoms with Gasteiger partial charge in [-0.1, -0.05) is 18.2 Å². The number of thiophene rings is 1. The Hall–Kier alpha value is -3.19. The Morgan fingerprint density at radius 1 is 0.960 bits per heavy atom. The SMILES string of the molecule is O=C(NCc1ccccn1)Nc1cccc(NC(=O)c2cccs2)c1. The number of hydrogen-bond donors (Lipinski definition) is 3. The van der Waals surface area contributed by atoms with Crippen molar-refractivity contribution in [1.82, 2.24) is 10.3 Å². The number of anilines is 2. The van der Waals surface area contributed by atoms with Crippen LogP contribution in [0.2, 0.25) is 0 Å². The maximum Gasteiger partial charge on any atom is 0.319 e. The summed E-state index contributed by atoms with van der Waals surface area (Å²) in [5.41, 5.74) is 1.97. The number of nitrogens with one attached hydrogen (secondary N) is 3. The number of benzene rings is 1. The lowest BCUT2D eigenvalue weighted by Gasteiger charge is -2.09. The van der Waals surface area contributed by atoms with Crippen LogP contribution in [-0.4, -0.2) is 16.9 Å². The van der Waals surface area contributed by atoms with Gasteiger partial charge < -0.3 is 16.0 Å². The third-order valence-electron chi connectivity index (χ3n) is 3.28. The van der Waals surface area contributed by atoms with Gasteiger partial charge >= 0.3 is 6.03 Å². The molecule has 0 saturated carbocycles. The summed E-state index contributed by atoms with van der Waals surface area (Å²) >= 11 is 1.37. The van der Waals surface area contributed by atoms with Crippen molar-refractivity contribution >= 4 is 34.6 Å². The van der Waals surface area contributed by atoms with Gasteiger partial charge in [-0.3, -0.25) is 9.78 Å². The van der Waals surface area contributed by atoms with Crippen molar-refractivity contribution in [3.8, 4) is 0 Å². The van der Waals surface area contributed by atoms with Crippen LogP contribution < -0.4 is 16.0 Å². The van der Waals surface area contributed by atoms with Gasteiger partial charge in [-0.15, -0.1) is 11.3 Å². The lowest BCUT2D eigenvalue weighted by Crippen LogP contribution is -2.28. The minimum Gasteiger partial charge on any atom is -0.332 e. The Labute approximate surface area is 148 Å². The molecule has 3 N–H and O–H groups in total. The van der Waals surface area contributed by atoms with Gasteiger partial charge in [-0.2, -0.15) is 0 Å². The standard InChI is InChI=1S/C18H16N4O2S/c23-17(16-8-4-10-25-16)21-13-6-3-7-14(11-13)22-18(24)20-12-15-5-1-2-9-19-15/h1-11H,12H2,(H,21,23)(H2,20,22,24). The molecule has 3 aromatic rings. The molecule has 3 amide bonds. The fourth-order valence-electron chi connectivity index (χ4n) is 2.12. The molecule has 0 aliphatic rings. The molecule has 0 bridgehead atoms. The Morgan fingerprint density at radius 2 is 1.80 bits per heavy atom. The van der Waals surface area contributed by atoms with E-state index in [1.54, 1.807) is 36.5 Å². The zero-order chi connectivity index (χ0) is 17.5. The van der Waals surface area contributed by atoms with E-state index in [-0.39, 0.29) is 11.9 Å². The van der Waals surface area contributed by atoms with Crippen molar-refractivity contribution in [1.29, 1.82) is 0 Å². The van der Waals surface area contributed by atoms with Crippen molar-refractivity contribution in [2.45, 2.75) is 6.54 Å². The lowest BCUT2D eigenvalue weighted by molar-refractivity contribution is 0.103. The van der Waals surface area contributed by atoms with Crippen molar-refractivity contribution in [3.05, 3.63) is 76.7 Å². The van der Waals surface area contributed by atoms with Gasteiger partial charge in [0.1, 0.15) is 0 Å². The second-order valence-electron chi connectivity index (χ2n) is 5.14. The first kappa shape index (κ1) is 16.7. The molecule has 0 unspecified atom stereocenters. The Bertz CT molecular complexity index is 851. The zero-order valence-corrected chi connectivity index (χ0v) is 14.0. The summed E-state index contributed by atoms with van der Waals surface area (Å²) in [7, 11) is 0. The van der Waals surface area contributed by atoms with Crippen LogP contribution in [0.1, 0.15) is 15.4 Å². The molecule has 2 aromatic heterocycles. The summed E-state index contributed by atoms with van der Waals surface area (Å²) in [6, 6.07) is 15.7. The second kappa shape index (κ2) is 8.07.